The number of carbonyl (C=O) groups excluding carboxylic acids is 1. The van der Waals surface area contributed by atoms with Crippen LogP contribution in [0.5, 0.6) is 0 Å². The zero-order valence-electron chi connectivity index (χ0n) is 12.6. The Hall–Kier alpha value is -1.30. The summed E-state index contributed by atoms with van der Waals surface area (Å²) in [5.74, 6) is -0.767. The van der Waals surface area contributed by atoms with Gasteiger partial charge in [-0.3, -0.25) is 4.79 Å². The van der Waals surface area contributed by atoms with Crippen LogP contribution >= 0.6 is 0 Å². The highest BCUT2D eigenvalue weighted by atomic mass is 16.4. The second-order valence-corrected chi connectivity index (χ2v) is 6.38. The number of nitrogens with one attached hydrogen (secondary N) is 1. The number of aliphatic hydroxyl groups is 1. The molecule has 1 saturated heterocycles. The molecule has 1 aliphatic carbocycles. The van der Waals surface area contributed by atoms with Crippen LogP contribution in [0.4, 0.5) is 4.79 Å². The summed E-state index contributed by atoms with van der Waals surface area (Å²) in [7, 11) is 0. The van der Waals surface area contributed by atoms with Crippen molar-refractivity contribution in [2.45, 2.75) is 45.1 Å². The van der Waals surface area contributed by atoms with E-state index in [0.717, 1.165) is 25.7 Å². The van der Waals surface area contributed by atoms with Crippen LogP contribution in [0.1, 0.15) is 39.0 Å². The van der Waals surface area contributed by atoms with E-state index in [9.17, 15) is 19.8 Å². The maximum atomic E-state index is 12.2. The number of nitrogens with zero attached hydrogens (tertiary/aromatic N) is 1. The summed E-state index contributed by atoms with van der Waals surface area (Å²) < 4.78 is 0. The first kappa shape index (κ1) is 16.1. The zero-order chi connectivity index (χ0) is 15.4. The minimum Gasteiger partial charge on any atom is -0.481 e. The number of likely N-dealkylation sites (tertiary alicyclic amines) is 1. The highest BCUT2D eigenvalue weighted by Gasteiger charge is 2.35. The van der Waals surface area contributed by atoms with E-state index in [1.807, 2.05) is 6.92 Å². The SMILES string of the molecule is CC1CCN(C(=O)NCC2CCCCC2C(=O)O)C1CO. The van der Waals surface area contributed by atoms with E-state index in [1.54, 1.807) is 4.90 Å². The molecule has 1 heterocycles. The number of rotatable bonds is 4. The number of hydrogen-bond acceptors (Lipinski definition) is 3. The van der Waals surface area contributed by atoms with Gasteiger partial charge in [-0.2, -0.15) is 0 Å². The fourth-order valence-electron chi connectivity index (χ4n) is 3.64. The van der Waals surface area contributed by atoms with Crippen molar-refractivity contribution in [3.05, 3.63) is 0 Å². The summed E-state index contributed by atoms with van der Waals surface area (Å²) in [6.07, 6.45) is 4.45. The normalized spacial score (nSPS) is 33.0. The Morgan fingerprint density at radius 2 is 1.95 bits per heavy atom. The Kier molecular flexibility index (Phi) is 5.45. The van der Waals surface area contributed by atoms with Crippen LogP contribution in [0.25, 0.3) is 0 Å². The number of aliphatic hydroxyl groups excluding tert-OH is 1. The van der Waals surface area contributed by atoms with Crippen LogP contribution in [0.2, 0.25) is 0 Å². The molecule has 21 heavy (non-hydrogen) atoms. The molecule has 0 bridgehead atoms. The minimum absolute atomic E-state index is 0.0181. The van der Waals surface area contributed by atoms with Crippen LogP contribution in [0, 0.1) is 17.8 Å². The summed E-state index contributed by atoms with van der Waals surface area (Å²) in [5, 5.41) is 21.5. The number of urea groups is 1. The molecule has 2 rings (SSSR count). The van der Waals surface area contributed by atoms with Crippen LogP contribution in [-0.2, 0) is 4.79 Å². The van der Waals surface area contributed by atoms with E-state index in [2.05, 4.69) is 5.32 Å². The van der Waals surface area contributed by atoms with Gasteiger partial charge < -0.3 is 20.4 Å². The molecular weight excluding hydrogens is 272 g/mol. The highest BCUT2D eigenvalue weighted by molar-refractivity contribution is 5.75. The molecule has 3 N–H and O–H groups in total. The van der Waals surface area contributed by atoms with Crippen molar-refractivity contribution < 1.29 is 19.8 Å². The summed E-state index contributed by atoms with van der Waals surface area (Å²) in [5.41, 5.74) is 0. The molecule has 6 heteroatoms. The second-order valence-electron chi connectivity index (χ2n) is 6.38. The van der Waals surface area contributed by atoms with Crippen molar-refractivity contribution in [2.24, 2.45) is 17.8 Å². The van der Waals surface area contributed by atoms with Gasteiger partial charge in [0, 0.05) is 13.1 Å². The van der Waals surface area contributed by atoms with Gasteiger partial charge in [-0.25, -0.2) is 4.79 Å². The number of carbonyl (C=O) groups is 2. The van der Waals surface area contributed by atoms with Gasteiger partial charge in [0.1, 0.15) is 0 Å². The van der Waals surface area contributed by atoms with Crippen molar-refractivity contribution in [1.82, 2.24) is 10.2 Å². The molecule has 2 aliphatic rings. The van der Waals surface area contributed by atoms with Gasteiger partial charge in [0.05, 0.1) is 18.6 Å². The third-order valence-corrected chi connectivity index (χ3v) is 5.07. The zero-order valence-corrected chi connectivity index (χ0v) is 12.6. The number of hydrogen-bond donors (Lipinski definition) is 3. The molecule has 0 spiro atoms. The van der Waals surface area contributed by atoms with Crippen molar-refractivity contribution in [2.75, 3.05) is 19.7 Å². The molecule has 2 amide bonds. The third-order valence-electron chi connectivity index (χ3n) is 5.07. The lowest BCUT2D eigenvalue weighted by molar-refractivity contribution is -0.144. The molecule has 0 aromatic heterocycles. The molecule has 4 atom stereocenters. The summed E-state index contributed by atoms with van der Waals surface area (Å²) in [4.78, 5) is 25.2. The molecule has 120 valence electrons. The molecule has 1 saturated carbocycles. The van der Waals surface area contributed by atoms with E-state index in [-0.39, 0.29) is 30.5 Å². The van der Waals surface area contributed by atoms with E-state index in [0.29, 0.717) is 25.4 Å². The minimum atomic E-state index is -0.753. The second kappa shape index (κ2) is 7.11. The van der Waals surface area contributed by atoms with E-state index >= 15 is 0 Å². The summed E-state index contributed by atoms with van der Waals surface area (Å²) in [6, 6.07) is -0.292. The average molecular weight is 298 g/mol. The lowest BCUT2D eigenvalue weighted by Gasteiger charge is -2.30. The van der Waals surface area contributed by atoms with Gasteiger partial charge in [-0.1, -0.05) is 19.8 Å². The van der Waals surface area contributed by atoms with Crippen LogP contribution < -0.4 is 5.32 Å². The van der Waals surface area contributed by atoms with E-state index < -0.39 is 5.97 Å². The van der Waals surface area contributed by atoms with Crippen LogP contribution in [0.15, 0.2) is 0 Å². The Labute approximate surface area is 125 Å². The Balaban J connectivity index is 1.87. The van der Waals surface area contributed by atoms with Gasteiger partial charge in [-0.05, 0) is 31.1 Å². The lowest BCUT2D eigenvalue weighted by Crippen LogP contribution is -2.47. The quantitative estimate of drug-likeness (QED) is 0.729. The lowest BCUT2D eigenvalue weighted by atomic mass is 9.79. The predicted octanol–water partition coefficient (Wildman–Crippen LogP) is 1.29. The Bertz CT molecular complexity index is 388. The van der Waals surface area contributed by atoms with Crippen molar-refractivity contribution in [3.8, 4) is 0 Å². The van der Waals surface area contributed by atoms with Crippen molar-refractivity contribution >= 4 is 12.0 Å². The third kappa shape index (κ3) is 3.67. The fourth-order valence-corrected chi connectivity index (χ4v) is 3.64. The first-order chi connectivity index (χ1) is 10.0. The Morgan fingerprint density at radius 3 is 2.62 bits per heavy atom. The molecule has 4 unspecified atom stereocenters. The maximum Gasteiger partial charge on any atom is 0.317 e. The first-order valence-corrected chi connectivity index (χ1v) is 7.92. The average Bonchev–Trinajstić information content (AvgIpc) is 2.85. The molecule has 0 aromatic rings. The Morgan fingerprint density at radius 1 is 1.24 bits per heavy atom. The summed E-state index contributed by atoms with van der Waals surface area (Å²) in [6.45, 7) is 3.09. The van der Waals surface area contributed by atoms with Crippen LogP contribution in [0.3, 0.4) is 0 Å². The van der Waals surface area contributed by atoms with Crippen molar-refractivity contribution in [1.29, 1.82) is 0 Å². The monoisotopic (exact) mass is 298 g/mol. The maximum absolute atomic E-state index is 12.2. The molecule has 1 aliphatic heterocycles. The van der Waals surface area contributed by atoms with Gasteiger partial charge >= 0.3 is 12.0 Å². The predicted molar refractivity (Wildman–Crippen MR) is 77.8 cm³/mol. The van der Waals surface area contributed by atoms with E-state index in [1.165, 1.54) is 0 Å². The molecule has 0 aromatic carbocycles. The standard InChI is InChI=1S/C15H26N2O4/c1-10-6-7-17(13(10)9-18)15(21)16-8-11-4-2-3-5-12(11)14(19)20/h10-13,18H,2-9H2,1H3,(H,16,21)(H,19,20). The molecule has 2 fully saturated rings. The molecule has 0 radical (unpaired) electrons. The largest absolute Gasteiger partial charge is 0.481 e. The molecule has 6 nitrogen and oxygen atoms in total. The number of amides is 2. The van der Waals surface area contributed by atoms with E-state index in [4.69, 9.17) is 0 Å². The van der Waals surface area contributed by atoms with Gasteiger partial charge in [0.25, 0.3) is 0 Å². The molecular formula is C15H26N2O4. The summed E-state index contributed by atoms with van der Waals surface area (Å²) >= 11 is 0. The number of carboxylic acid groups (broad SMARTS) is 1. The first-order valence-electron chi connectivity index (χ1n) is 7.92. The van der Waals surface area contributed by atoms with Gasteiger partial charge in [-0.15, -0.1) is 0 Å². The number of carboxylic acids is 1. The van der Waals surface area contributed by atoms with Gasteiger partial charge in [0.15, 0.2) is 0 Å². The van der Waals surface area contributed by atoms with Gasteiger partial charge in [0.2, 0.25) is 0 Å². The van der Waals surface area contributed by atoms with Crippen molar-refractivity contribution in [3.63, 3.8) is 0 Å². The smallest absolute Gasteiger partial charge is 0.317 e. The number of aliphatic carboxylic acids is 1. The highest BCUT2D eigenvalue weighted by Crippen LogP contribution is 2.30. The van der Waals surface area contributed by atoms with Crippen LogP contribution in [-0.4, -0.2) is 52.9 Å². The fraction of sp³-hybridized carbons (Fsp3) is 0.867. The topological polar surface area (TPSA) is 89.9 Å².